The van der Waals surface area contributed by atoms with E-state index in [1.165, 1.54) is 35.7 Å². The minimum atomic E-state index is -3.56. The molecule has 11 heteroatoms. The minimum absolute atomic E-state index is 0.0495. The van der Waals surface area contributed by atoms with Crippen LogP contribution in [0.3, 0.4) is 0 Å². The van der Waals surface area contributed by atoms with Gasteiger partial charge in [-0.25, -0.2) is 22.5 Å². The molecule has 1 N–H and O–H groups in total. The van der Waals surface area contributed by atoms with Gasteiger partial charge in [0, 0.05) is 17.8 Å². The van der Waals surface area contributed by atoms with E-state index < -0.39 is 21.6 Å². The van der Waals surface area contributed by atoms with Crippen LogP contribution in [0.5, 0.6) is 0 Å². The first-order valence-corrected chi connectivity index (χ1v) is 11.7. The van der Waals surface area contributed by atoms with Crippen molar-refractivity contribution in [3.8, 4) is 17.1 Å². The standard InChI is InChI=1S/C20H16FN5O3S2/c1-12-4-3-8-22-18(12)15-11-30-20(24-15)25-19(27)17-7-9-23-26(17)16-6-5-13(10-14(16)21)31(2,28)29/h3-11H,1-2H3,(H,24,25,27). The number of amides is 1. The van der Waals surface area contributed by atoms with Gasteiger partial charge >= 0.3 is 0 Å². The van der Waals surface area contributed by atoms with Crippen molar-refractivity contribution < 1.29 is 17.6 Å². The summed E-state index contributed by atoms with van der Waals surface area (Å²) >= 11 is 1.23. The van der Waals surface area contributed by atoms with Crippen molar-refractivity contribution in [1.29, 1.82) is 0 Å². The van der Waals surface area contributed by atoms with Crippen molar-refractivity contribution >= 4 is 32.2 Å². The van der Waals surface area contributed by atoms with E-state index in [1.807, 2.05) is 19.1 Å². The number of halogens is 1. The topological polar surface area (TPSA) is 107 Å². The van der Waals surface area contributed by atoms with Gasteiger partial charge in [0.05, 0.1) is 16.8 Å². The van der Waals surface area contributed by atoms with Crippen molar-refractivity contribution in [1.82, 2.24) is 19.7 Å². The van der Waals surface area contributed by atoms with Crippen molar-refractivity contribution in [2.75, 3.05) is 11.6 Å². The van der Waals surface area contributed by atoms with Gasteiger partial charge in [-0.2, -0.15) is 5.10 Å². The highest BCUT2D eigenvalue weighted by atomic mass is 32.2. The summed E-state index contributed by atoms with van der Waals surface area (Å²) in [7, 11) is -3.56. The summed E-state index contributed by atoms with van der Waals surface area (Å²) in [4.78, 5) is 21.3. The van der Waals surface area contributed by atoms with Crippen molar-refractivity contribution in [3.63, 3.8) is 0 Å². The third kappa shape index (κ3) is 4.23. The molecular weight excluding hydrogens is 441 g/mol. The molecule has 1 amide bonds. The molecule has 0 saturated heterocycles. The van der Waals surface area contributed by atoms with Gasteiger partial charge in [-0.15, -0.1) is 11.3 Å². The second-order valence-electron chi connectivity index (χ2n) is 6.67. The van der Waals surface area contributed by atoms with Crippen molar-refractivity contribution in [2.45, 2.75) is 11.8 Å². The summed E-state index contributed by atoms with van der Waals surface area (Å²) in [6.45, 7) is 1.92. The Morgan fingerprint density at radius 3 is 2.71 bits per heavy atom. The molecule has 4 rings (SSSR count). The largest absolute Gasteiger partial charge is 0.296 e. The third-order valence-corrected chi connectivity index (χ3v) is 6.30. The summed E-state index contributed by atoms with van der Waals surface area (Å²) in [5.74, 6) is -1.36. The van der Waals surface area contributed by atoms with Gasteiger partial charge in [0.1, 0.15) is 22.9 Å². The number of pyridine rings is 1. The molecule has 0 radical (unpaired) electrons. The zero-order valence-electron chi connectivity index (χ0n) is 16.4. The average molecular weight is 458 g/mol. The number of nitrogens with zero attached hydrogens (tertiary/aromatic N) is 4. The molecule has 0 aliphatic carbocycles. The Kier molecular flexibility index (Phi) is 5.38. The monoisotopic (exact) mass is 457 g/mol. The van der Waals surface area contributed by atoms with Crippen LogP contribution >= 0.6 is 11.3 Å². The molecule has 158 valence electrons. The maximum atomic E-state index is 14.6. The maximum absolute atomic E-state index is 14.6. The first-order valence-electron chi connectivity index (χ1n) is 8.97. The normalized spacial score (nSPS) is 11.5. The summed E-state index contributed by atoms with van der Waals surface area (Å²) in [5, 5.41) is 8.82. The lowest BCUT2D eigenvalue weighted by Gasteiger charge is -2.09. The number of aryl methyl sites for hydroxylation is 1. The molecule has 0 atom stereocenters. The highest BCUT2D eigenvalue weighted by Crippen LogP contribution is 2.26. The van der Waals surface area contributed by atoms with E-state index in [9.17, 15) is 17.6 Å². The van der Waals surface area contributed by atoms with Crippen LogP contribution in [-0.2, 0) is 9.84 Å². The van der Waals surface area contributed by atoms with E-state index in [0.29, 0.717) is 10.8 Å². The van der Waals surface area contributed by atoms with Gasteiger partial charge in [0.25, 0.3) is 5.91 Å². The van der Waals surface area contributed by atoms with Crippen LogP contribution in [0.4, 0.5) is 9.52 Å². The second-order valence-corrected chi connectivity index (χ2v) is 9.55. The Morgan fingerprint density at radius 2 is 2.00 bits per heavy atom. The summed E-state index contributed by atoms with van der Waals surface area (Å²) in [6, 6.07) is 8.60. The molecule has 3 heterocycles. The van der Waals surface area contributed by atoms with Crippen LogP contribution in [0.15, 0.2) is 59.1 Å². The zero-order valence-corrected chi connectivity index (χ0v) is 18.0. The number of benzene rings is 1. The molecule has 31 heavy (non-hydrogen) atoms. The van der Waals surface area contributed by atoms with E-state index in [2.05, 4.69) is 20.4 Å². The van der Waals surface area contributed by atoms with E-state index in [4.69, 9.17) is 0 Å². The van der Waals surface area contributed by atoms with E-state index >= 15 is 0 Å². The Morgan fingerprint density at radius 1 is 1.19 bits per heavy atom. The number of sulfone groups is 1. The van der Waals surface area contributed by atoms with Gasteiger partial charge in [-0.1, -0.05) is 6.07 Å². The number of thiazole rings is 1. The van der Waals surface area contributed by atoms with Gasteiger partial charge < -0.3 is 0 Å². The average Bonchev–Trinajstić information content (AvgIpc) is 3.37. The number of rotatable bonds is 5. The van der Waals surface area contributed by atoms with Crippen LogP contribution in [0.1, 0.15) is 16.1 Å². The van der Waals surface area contributed by atoms with E-state index in [1.54, 1.807) is 11.6 Å². The number of carbonyl (C=O) groups excluding carboxylic acids is 1. The predicted molar refractivity (Wildman–Crippen MR) is 115 cm³/mol. The molecule has 0 spiro atoms. The Hall–Kier alpha value is -3.44. The quantitative estimate of drug-likeness (QED) is 0.492. The van der Waals surface area contributed by atoms with Gasteiger partial charge in [0.2, 0.25) is 0 Å². The molecule has 8 nitrogen and oxygen atoms in total. The van der Waals surface area contributed by atoms with Crippen LogP contribution in [0, 0.1) is 12.7 Å². The Balaban J connectivity index is 1.60. The lowest BCUT2D eigenvalue weighted by Crippen LogP contribution is -2.17. The molecule has 0 unspecified atom stereocenters. The molecule has 0 aliphatic heterocycles. The molecule has 3 aromatic heterocycles. The maximum Gasteiger partial charge on any atom is 0.276 e. The fourth-order valence-corrected chi connectivity index (χ4v) is 4.24. The highest BCUT2D eigenvalue weighted by molar-refractivity contribution is 7.90. The number of aromatic nitrogens is 4. The van der Waals surface area contributed by atoms with Crippen LogP contribution < -0.4 is 5.32 Å². The fourth-order valence-electron chi connectivity index (χ4n) is 2.91. The molecule has 0 fully saturated rings. The smallest absolute Gasteiger partial charge is 0.276 e. The van der Waals surface area contributed by atoms with Gasteiger partial charge in [-0.05, 0) is 42.8 Å². The number of carbonyl (C=O) groups is 1. The van der Waals surface area contributed by atoms with Crippen LogP contribution in [0.2, 0.25) is 0 Å². The molecule has 0 aliphatic rings. The molecule has 4 aromatic rings. The first kappa shape index (κ1) is 20.8. The Bertz CT molecular complexity index is 1400. The minimum Gasteiger partial charge on any atom is -0.296 e. The lowest BCUT2D eigenvalue weighted by molar-refractivity contribution is 0.101. The van der Waals surface area contributed by atoms with Gasteiger partial charge in [0.15, 0.2) is 15.0 Å². The third-order valence-electron chi connectivity index (χ3n) is 4.43. The zero-order chi connectivity index (χ0) is 22.2. The fraction of sp³-hybridized carbons (Fsp3) is 0.100. The number of anilines is 1. The van der Waals surface area contributed by atoms with Crippen molar-refractivity contribution in [2.24, 2.45) is 0 Å². The molecule has 0 saturated carbocycles. The number of hydrogen-bond donors (Lipinski definition) is 1. The van der Waals surface area contributed by atoms with Gasteiger partial charge in [-0.3, -0.25) is 15.1 Å². The predicted octanol–water partition coefficient (Wildman–Crippen LogP) is 3.49. The molecule has 0 bridgehead atoms. The lowest BCUT2D eigenvalue weighted by atomic mass is 10.2. The van der Waals surface area contributed by atoms with Crippen LogP contribution in [0.25, 0.3) is 17.1 Å². The van der Waals surface area contributed by atoms with Crippen LogP contribution in [-0.4, -0.2) is 40.3 Å². The van der Waals surface area contributed by atoms with Crippen molar-refractivity contribution in [3.05, 3.63) is 71.2 Å². The summed E-state index contributed by atoms with van der Waals surface area (Å²) in [5.41, 5.74) is 2.33. The van der Waals surface area contributed by atoms with E-state index in [-0.39, 0.29) is 16.3 Å². The van der Waals surface area contributed by atoms with E-state index in [0.717, 1.165) is 28.3 Å². The summed E-state index contributed by atoms with van der Waals surface area (Å²) < 4.78 is 38.9. The SMILES string of the molecule is Cc1cccnc1-c1csc(NC(=O)c2ccnn2-c2ccc(S(C)(=O)=O)cc2F)n1. The number of nitrogens with one attached hydrogen (secondary N) is 1. The summed E-state index contributed by atoms with van der Waals surface area (Å²) in [6.07, 6.45) is 4.01. The number of hydrogen-bond acceptors (Lipinski definition) is 7. The Labute approximate surface area is 181 Å². The highest BCUT2D eigenvalue weighted by Gasteiger charge is 2.19. The molecule has 1 aromatic carbocycles. The second kappa shape index (κ2) is 8.00. The molecular formula is C20H16FN5O3S2. The first-order chi connectivity index (χ1) is 14.7.